The SMILES string of the molecule is CCNC(c1ccc(OC)cc1Cl)c1c(F)cccc1Br. The van der Waals surface area contributed by atoms with Crippen LogP contribution in [0.4, 0.5) is 4.39 Å². The summed E-state index contributed by atoms with van der Waals surface area (Å²) in [6.45, 7) is 2.66. The third-order valence-corrected chi connectivity index (χ3v) is 4.23. The molecule has 1 N–H and O–H groups in total. The van der Waals surface area contributed by atoms with Crippen molar-refractivity contribution in [2.75, 3.05) is 13.7 Å². The van der Waals surface area contributed by atoms with Crippen LogP contribution in [-0.4, -0.2) is 13.7 Å². The molecule has 0 bridgehead atoms. The van der Waals surface area contributed by atoms with Crippen molar-refractivity contribution in [3.63, 3.8) is 0 Å². The summed E-state index contributed by atoms with van der Waals surface area (Å²) in [6.07, 6.45) is 0. The van der Waals surface area contributed by atoms with Crippen LogP contribution < -0.4 is 10.1 Å². The number of hydrogen-bond donors (Lipinski definition) is 1. The number of halogens is 3. The van der Waals surface area contributed by atoms with Crippen molar-refractivity contribution in [2.45, 2.75) is 13.0 Å². The fourth-order valence-corrected chi connectivity index (χ4v) is 3.08. The van der Waals surface area contributed by atoms with Gasteiger partial charge in [-0.3, -0.25) is 0 Å². The van der Waals surface area contributed by atoms with Crippen LogP contribution in [0, 0.1) is 5.82 Å². The summed E-state index contributed by atoms with van der Waals surface area (Å²) >= 11 is 9.76. The van der Waals surface area contributed by atoms with Gasteiger partial charge in [-0.1, -0.05) is 46.6 Å². The summed E-state index contributed by atoms with van der Waals surface area (Å²) in [5.41, 5.74) is 1.36. The number of ether oxygens (including phenoxy) is 1. The minimum absolute atomic E-state index is 0.276. The second kappa shape index (κ2) is 7.25. The van der Waals surface area contributed by atoms with Gasteiger partial charge in [-0.15, -0.1) is 0 Å². The molecule has 2 aromatic carbocycles. The molecule has 0 saturated heterocycles. The Morgan fingerprint density at radius 2 is 2.10 bits per heavy atom. The Kier molecular flexibility index (Phi) is 5.62. The molecule has 0 heterocycles. The van der Waals surface area contributed by atoms with Crippen molar-refractivity contribution in [2.24, 2.45) is 0 Å². The molecule has 5 heteroatoms. The molecule has 0 spiro atoms. The van der Waals surface area contributed by atoms with Crippen molar-refractivity contribution in [3.05, 3.63) is 62.8 Å². The summed E-state index contributed by atoms with van der Waals surface area (Å²) in [5, 5.41) is 3.82. The molecule has 112 valence electrons. The maximum Gasteiger partial charge on any atom is 0.129 e. The van der Waals surface area contributed by atoms with E-state index in [2.05, 4.69) is 21.2 Å². The maximum atomic E-state index is 14.2. The fourth-order valence-electron chi connectivity index (χ4n) is 2.23. The van der Waals surface area contributed by atoms with Gasteiger partial charge in [0, 0.05) is 15.1 Å². The topological polar surface area (TPSA) is 21.3 Å². The van der Waals surface area contributed by atoms with Gasteiger partial charge < -0.3 is 10.1 Å². The third kappa shape index (κ3) is 3.57. The van der Waals surface area contributed by atoms with Gasteiger partial charge in [0.25, 0.3) is 0 Å². The van der Waals surface area contributed by atoms with Crippen LogP contribution >= 0.6 is 27.5 Å². The first-order chi connectivity index (χ1) is 10.1. The lowest BCUT2D eigenvalue weighted by atomic mass is 9.98. The van der Waals surface area contributed by atoms with E-state index in [1.165, 1.54) is 6.07 Å². The molecule has 0 fully saturated rings. The highest BCUT2D eigenvalue weighted by atomic mass is 79.9. The van der Waals surface area contributed by atoms with Crippen LogP contribution in [0.25, 0.3) is 0 Å². The molecule has 0 aliphatic carbocycles. The van der Waals surface area contributed by atoms with E-state index in [9.17, 15) is 4.39 Å². The highest BCUT2D eigenvalue weighted by Crippen LogP contribution is 2.35. The Bertz CT molecular complexity index is 615. The maximum absolute atomic E-state index is 14.2. The fraction of sp³-hybridized carbons (Fsp3) is 0.250. The average molecular weight is 373 g/mol. The van der Waals surface area contributed by atoms with Crippen LogP contribution in [0.15, 0.2) is 40.9 Å². The molecule has 0 saturated carbocycles. The predicted molar refractivity (Wildman–Crippen MR) is 87.6 cm³/mol. The molecule has 0 amide bonds. The van der Waals surface area contributed by atoms with Crippen LogP contribution in [-0.2, 0) is 0 Å². The lowest BCUT2D eigenvalue weighted by molar-refractivity contribution is 0.414. The Morgan fingerprint density at radius 3 is 2.67 bits per heavy atom. The molecule has 2 rings (SSSR count). The molecule has 2 aromatic rings. The Hall–Kier alpha value is -1.10. The first-order valence-corrected chi connectivity index (χ1v) is 7.76. The zero-order chi connectivity index (χ0) is 15.4. The van der Waals surface area contributed by atoms with Gasteiger partial charge in [-0.05, 0) is 36.4 Å². The highest BCUT2D eigenvalue weighted by molar-refractivity contribution is 9.10. The number of methoxy groups -OCH3 is 1. The second-order valence-electron chi connectivity index (χ2n) is 4.51. The molecule has 0 aliphatic rings. The lowest BCUT2D eigenvalue weighted by Crippen LogP contribution is -2.23. The molecule has 0 radical (unpaired) electrons. The lowest BCUT2D eigenvalue weighted by Gasteiger charge is -2.22. The van der Waals surface area contributed by atoms with Crippen LogP contribution in [0.1, 0.15) is 24.1 Å². The van der Waals surface area contributed by atoms with Gasteiger partial charge in [-0.2, -0.15) is 0 Å². The summed E-state index contributed by atoms with van der Waals surface area (Å²) in [6, 6.07) is 10.0. The first-order valence-electron chi connectivity index (χ1n) is 6.59. The van der Waals surface area contributed by atoms with Crippen LogP contribution in [0.2, 0.25) is 5.02 Å². The van der Waals surface area contributed by atoms with Gasteiger partial charge >= 0.3 is 0 Å². The standard InChI is InChI=1S/C16H16BrClFNO/c1-3-20-16(15-12(17)5-4-6-14(15)19)11-8-7-10(21-2)9-13(11)18/h4-9,16,20H,3H2,1-2H3. The molecular formula is C16H16BrClFNO. The van der Waals surface area contributed by atoms with Gasteiger partial charge in [0.1, 0.15) is 11.6 Å². The molecule has 1 atom stereocenters. The highest BCUT2D eigenvalue weighted by Gasteiger charge is 2.22. The van der Waals surface area contributed by atoms with Gasteiger partial charge in [0.15, 0.2) is 0 Å². The van der Waals surface area contributed by atoms with E-state index in [1.807, 2.05) is 25.1 Å². The minimum atomic E-state index is -0.330. The van der Waals surface area contributed by atoms with E-state index in [4.69, 9.17) is 16.3 Å². The van der Waals surface area contributed by atoms with Crippen molar-refractivity contribution in [3.8, 4) is 5.75 Å². The average Bonchev–Trinajstić information content (AvgIpc) is 2.46. The van der Waals surface area contributed by atoms with Crippen LogP contribution in [0.5, 0.6) is 5.75 Å². The zero-order valence-electron chi connectivity index (χ0n) is 11.8. The van der Waals surface area contributed by atoms with Crippen molar-refractivity contribution in [1.82, 2.24) is 5.32 Å². The number of benzene rings is 2. The second-order valence-corrected chi connectivity index (χ2v) is 5.78. The van der Waals surface area contributed by atoms with Crippen molar-refractivity contribution < 1.29 is 9.13 Å². The molecule has 2 nitrogen and oxygen atoms in total. The molecule has 0 aromatic heterocycles. The van der Waals surface area contributed by atoms with Crippen molar-refractivity contribution >= 4 is 27.5 Å². The predicted octanol–water partition coefficient (Wildman–Crippen LogP) is 4.95. The third-order valence-electron chi connectivity index (χ3n) is 3.22. The largest absolute Gasteiger partial charge is 0.497 e. The Morgan fingerprint density at radius 1 is 1.33 bits per heavy atom. The molecule has 1 unspecified atom stereocenters. The van der Waals surface area contributed by atoms with E-state index >= 15 is 0 Å². The minimum Gasteiger partial charge on any atom is -0.497 e. The van der Waals surface area contributed by atoms with E-state index < -0.39 is 0 Å². The summed E-state index contributed by atoms with van der Waals surface area (Å²) < 4.78 is 20.1. The van der Waals surface area contributed by atoms with Gasteiger partial charge in [0.2, 0.25) is 0 Å². The Balaban J connectivity index is 2.53. The monoisotopic (exact) mass is 371 g/mol. The van der Waals surface area contributed by atoms with E-state index in [-0.39, 0.29) is 11.9 Å². The summed E-state index contributed by atoms with van der Waals surface area (Å²) in [5.74, 6) is 0.397. The van der Waals surface area contributed by atoms with E-state index in [0.29, 0.717) is 27.4 Å². The van der Waals surface area contributed by atoms with Crippen LogP contribution in [0.3, 0.4) is 0 Å². The van der Waals surface area contributed by atoms with E-state index in [1.54, 1.807) is 19.2 Å². The van der Waals surface area contributed by atoms with E-state index in [0.717, 1.165) is 5.56 Å². The number of rotatable bonds is 5. The smallest absolute Gasteiger partial charge is 0.129 e. The van der Waals surface area contributed by atoms with Gasteiger partial charge in [0.05, 0.1) is 13.2 Å². The first kappa shape index (κ1) is 16.3. The summed E-state index contributed by atoms with van der Waals surface area (Å²) in [4.78, 5) is 0. The van der Waals surface area contributed by atoms with Gasteiger partial charge in [-0.25, -0.2) is 4.39 Å². The molecule has 21 heavy (non-hydrogen) atoms. The number of hydrogen-bond acceptors (Lipinski definition) is 2. The quantitative estimate of drug-likeness (QED) is 0.802. The van der Waals surface area contributed by atoms with Crippen molar-refractivity contribution in [1.29, 1.82) is 0 Å². The molecule has 0 aliphatic heterocycles. The summed E-state index contributed by atoms with van der Waals surface area (Å²) in [7, 11) is 1.58. The zero-order valence-corrected chi connectivity index (χ0v) is 14.1. The molecular weight excluding hydrogens is 357 g/mol. The Labute approximate surface area is 137 Å². The normalized spacial score (nSPS) is 12.2. The number of nitrogens with one attached hydrogen (secondary N) is 1.